The van der Waals surface area contributed by atoms with Crippen LogP contribution < -0.4 is 0 Å². The van der Waals surface area contributed by atoms with Gasteiger partial charge < -0.3 is 0 Å². The first-order valence-electron chi connectivity index (χ1n) is 12.6. The van der Waals surface area contributed by atoms with Crippen LogP contribution in [0.15, 0.2) is 134 Å². The molecule has 2 heterocycles. The van der Waals surface area contributed by atoms with E-state index in [1.807, 2.05) is 24.5 Å². The molecule has 1 aliphatic carbocycles. The van der Waals surface area contributed by atoms with Crippen LogP contribution in [0.4, 0.5) is 0 Å². The van der Waals surface area contributed by atoms with E-state index in [0.29, 0.717) is 0 Å². The number of allylic oxidation sites excluding steroid dienone is 1. The van der Waals surface area contributed by atoms with Gasteiger partial charge in [-0.25, -0.2) is 4.98 Å². The van der Waals surface area contributed by atoms with Gasteiger partial charge in [0.1, 0.15) is 0 Å². The van der Waals surface area contributed by atoms with Crippen LogP contribution in [-0.2, 0) is 6.42 Å². The van der Waals surface area contributed by atoms with Gasteiger partial charge in [0.25, 0.3) is 0 Å². The molecule has 174 valence electrons. The summed E-state index contributed by atoms with van der Waals surface area (Å²) in [6.45, 7) is 0. The molecule has 37 heavy (non-hydrogen) atoms. The molecule has 6 aromatic rings. The SMILES string of the molecule is c1ccc(C2=C(c3ccccc3)c3cc4cc(-c5cccc(-c6ccncc6)n5)ccc4cc3C2)cc1. The van der Waals surface area contributed by atoms with Crippen LogP contribution in [0.1, 0.15) is 22.3 Å². The Labute approximate surface area is 216 Å². The molecular weight excluding hydrogens is 448 g/mol. The quantitative estimate of drug-likeness (QED) is 0.257. The maximum absolute atomic E-state index is 4.97. The Morgan fingerprint density at radius 2 is 1.19 bits per heavy atom. The van der Waals surface area contributed by atoms with Crippen LogP contribution >= 0.6 is 0 Å². The lowest BCUT2D eigenvalue weighted by Gasteiger charge is -2.11. The second-order valence-corrected chi connectivity index (χ2v) is 9.48. The highest BCUT2D eigenvalue weighted by Gasteiger charge is 2.24. The van der Waals surface area contributed by atoms with Gasteiger partial charge in [-0.3, -0.25) is 4.98 Å². The number of pyridine rings is 2. The fourth-order valence-electron chi connectivity index (χ4n) is 5.42. The third-order valence-electron chi connectivity index (χ3n) is 7.21. The van der Waals surface area contributed by atoms with Crippen molar-refractivity contribution < 1.29 is 0 Å². The molecule has 0 spiro atoms. The lowest BCUT2D eigenvalue weighted by molar-refractivity contribution is 1.29. The molecular formula is C35H24N2. The Kier molecular flexibility index (Phi) is 5.22. The largest absolute Gasteiger partial charge is 0.265 e. The van der Waals surface area contributed by atoms with Crippen molar-refractivity contribution >= 4 is 21.9 Å². The lowest BCUT2D eigenvalue weighted by atomic mass is 9.93. The van der Waals surface area contributed by atoms with Crippen LogP contribution in [0.25, 0.3) is 44.4 Å². The minimum Gasteiger partial charge on any atom is -0.265 e. The lowest BCUT2D eigenvalue weighted by Crippen LogP contribution is -1.90. The van der Waals surface area contributed by atoms with E-state index in [1.54, 1.807) is 0 Å². The van der Waals surface area contributed by atoms with Crippen molar-refractivity contribution in [3.63, 3.8) is 0 Å². The Morgan fingerprint density at radius 1 is 0.486 bits per heavy atom. The van der Waals surface area contributed by atoms with E-state index in [4.69, 9.17) is 4.98 Å². The fourth-order valence-corrected chi connectivity index (χ4v) is 5.42. The predicted molar refractivity (Wildman–Crippen MR) is 153 cm³/mol. The van der Waals surface area contributed by atoms with Gasteiger partial charge in [-0.15, -0.1) is 0 Å². The van der Waals surface area contributed by atoms with Crippen LogP contribution in [-0.4, -0.2) is 9.97 Å². The molecule has 4 aromatic carbocycles. The Bertz CT molecular complexity index is 1770. The second-order valence-electron chi connectivity index (χ2n) is 9.48. The van der Waals surface area contributed by atoms with Crippen LogP contribution in [0, 0.1) is 0 Å². The second kappa shape index (κ2) is 9.00. The highest BCUT2D eigenvalue weighted by Crippen LogP contribution is 2.44. The summed E-state index contributed by atoms with van der Waals surface area (Å²) in [5, 5.41) is 2.49. The van der Waals surface area contributed by atoms with Gasteiger partial charge in [-0.2, -0.15) is 0 Å². The smallest absolute Gasteiger partial charge is 0.0710 e. The average Bonchev–Trinajstić information content (AvgIpc) is 3.35. The summed E-state index contributed by atoms with van der Waals surface area (Å²) in [4.78, 5) is 9.10. The molecule has 0 atom stereocenters. The molecule has 0 unspecified atom stereocenters. The number of aromatic nitrogens is 2. The number of hydrogen-bond acceptors (Lipinski definition) is 2. The Balaban J connectivity index is 1.36. The molecule has 1 aliphatic rings. The number of rotatable bonds is 4. The monoisotopic (exact) mass is 472 g/mol. The standard InChI is InChI=1S/C35H24N2/c1-3-8-24(9-4-1)31-23-30-20-27-14-15-28(34-13-7-12-33(37-34)25-16-18-36-19-17-25)21-29(27)22-32(30)35(31)26-10-5-2-6-11-26/h1-22H,23H2. The van der Waals surface area contributed by atoms with Gasteiger partial charge in [-0.05, 0) is 87.0 Å². The fraction of sp³-hybridized carbons (Fsp3) is 0.0286. The molecule has 2 heteroatoms. The molecule has 0 bridgehead atoms. The van der Waals surface area contributed by atoms with Gasteiger partial charge in [0.05, 0.1) is 11.4 Å². The van der Waals surface area contributed by atoms with Crippen molar-refractivity contribution in [3.8, 4) is 22.5 Å². The summed E-state index contributed by atoms with van der Waals surface area (Å²) in [6, 6.07) is 43.2. The van der Waals surface area contributed by atoms with E-state index in [2.05, 4.69) is 114 Å². The van der Waals surface area contributed by atoms with Gasteiger partial charge in [0, 0.05) is 23.5 Å². The third kappa shape index (κ3) is 3.93. The van der Waals surface area contributed by atoms with Gasteiger partial charge in [-0.1, -0.05) is 84.9 Å². The number of hydrogen-bond donors (Lipinski definition) is 0. The van der Waals surface area contributed by atoms with Gasteiger partial charge in [0.15, 0.2) is 0 Å². The van der Waals surface area contributed by atoms with Crippen LogP contribution in [0.2, 0.25) is 0 Å². The van der Waals surface area contributed by atoms with E-state index >= 15 is 0 Å². The van der Waals surface area contributed by atoms with E-state index in [0.717, 1.165) is 28.9 Å². The summed E-state index contributed by atoms with van der Waals surface area (Å²) >= 11 is 0. The van der Waals surface area contributed by atoms with Gasteiger partial charge >= 0.3 is 0 Å². The zero-order valence-electron chi connectivity index (χ0n) is 20.3. The van der Waals surface area contributed by atoms with Crippen molar-refractivity contribution in [3.05, 3.63) is 156 Å². The molecule has 0 fully saturated rings. The van der Waals surface area contributed by atoms with Crippen molar-refractivity contribution in [2.75, 3.05) is 0 Å². The first-order chi connectivity index (χ1) is 18.3. The third-order valence-corrected chi connectivity index (χ3v) is 7.21. The average molecular weight is 473 g/mol. The van der Waals surface area contributed by atoms with E-state index in [1.165, 1.54) is 44.2 Å². The highest BCUT2D eigenvalue weighted by molar-refractivity contribution is 6.06. The zero-order valence-corrected chi connectivity index (χ0v) is 20.3. The van der Waals surface area contributed by atoms with E-state index < -0.39 is 0 Å². The number of fused-ring (bicyclic) bond motifs is 2. The summed E-state index contributed by atoms with van der Waals surface area (Å²) in [5.74, 6) is 0. The molecule has 0 radical (unpaired) electrons. The molecule has 0 aliphatic heterocycles. The molecule has 2 nitrogen and oxygen atoms in total. The van der Waals surface area contributed by atoms with Crippen molar-refractivity contribution in [2.24, 2.45) is 0 Å². The highest BCUT2D eigenvalue weighted by atomic mass is 14.7. The summed E-state index contributed by atoms with van der Waals surface area (Å²) < 4.78 is 0. The summed E-state index contributed by atoms with van der Waals surface area (Å²) in [6.07, 6.45) is 4.56. The maximum atomic E-state index is 4.97. The molecule has 0 saturated heterocycles. The number of benzene rings is 4. The Hall–Kier alpha value is -4.82. The van der Waals surface area contributed by atoms with Crippen molar-refractivity contribution in [1.82, 2.24) is 9.97 Å². The first kappa shape index (κ1) is 21.5. The molecule has 0 amide bonds. The molecule has 0 saturated carbocycles. The van der Waals surface area contributed by atoms with Crippen molar-refractivity contribution in [1.29, 1.82) is 0 Å². The first-order valence-corrected chi connectivity index (χ1v) is 12.6. The molecule has 2 aromatic heterocycles. The summed E-state index contributed by atoms with van der Waals surface area (Å²) in [5.41, 5.74) is 12.1. The predicted octanol–water partition coefficient (Wildman–Crippen LogP) is 8.48. The number of nitrogens with zero attached hydrogens (tertiary/aromatic N) is 2. The minimum atomic E-state index is 0.941. The minimum absolute atomic E-state index is 0.941. The molecule has 0 N–H and O–H groups in total. The van der Waals surface area contributed by atoms with E-state index in [-0.39, 0.29) is 0 Å². The van der Waals surface area contributed by atoms with Crippen LogP contribution in [0.3, 0.4) is 0 Å². The zero-order chi connectivity index (χ0) is 24.6. The van der Waals surface area contributed by atoms with E-state index in [9.17, 15) is 0 Å². The van der Waals surface area contributed by atoms with Crippen molar-refractivity contribution in [2.45, 2.75) is 6.42 Å². The topological polar surface area (TPSA) is 25.8 Å². The van der Waals surface area contributed by atoms with Gasteiger partial charge in [0.2, 0.25) is 0 Å². The molecule has 7 rings (SSSR count). The Morgan fingerprint density at radius 3 is 1.95 bits per heavy atom. The normalized spacial score (nSPS) is 12.6. The maximum Gasteiger partial charge on any atom is 0.0710 e. The van der Waals surface area contributed by atoms with Crippen LogP contribution in [0.5, 0.6) is 0 Å². The summed E-state index contributed by atoms with van der Waals surface area (Å²) in [7, 11) is 0.